The van der Waals surface area contributed by atoms with Crippen molar-refractivity contribution in [2.24, 2.45) is 5.92 Å². The van der Waals surface area contributed by atoms with Gasteiger partial charge in [-0.2, -0.15) is 0 Å². The third-order valence-electron chi connectivity index (χ3n) is 1.85. The van der Waals surface area contributed by atoms with E-state index in [2.05, 4.69) is 33.8 Å². The highest BCUT2D eigenvalue weighted by molar-refractivity contribution is 4.99. The molecule has 0 heterocycles. The van der Waals surface area contributed by atoms with Crippen molar-refractivity contribution in [1.82, 2.24) is 0 Å². The van der Waals surface area contributed by atoms with Crippen LogP contribution in [-0.4, -0.2) is 0 Å². The van der Waals surface area contributed by atoms with E-state index in [4.69, 9.17) is 0 Å². The Hall–Kier alpha value is -0.260. The molecule has 0 spiro atoms. The van der Waals surface area contributed by atoms with Gasteiger partial charge in [0.1, 0.15) is 0 Å². The molecule has 0 aromatic rings. The largest absolute Gasteiger partial charge is 0.0885 e. The molecule has 0 saturated carbocycles. The monoisotopic (exact) mass is 112 g/mol. The number of rotatable bonds is 2. The van der Waals surface area contributed by atoms with Crippen molar-refractivity contribution >= 4 is 0 Å². The van der Waals surface area contributed by atoms with Crippen LogP contribution >= 0.6 is 0 Å². The van der Waals surface area contributed by atoms with Crippen LogP contribution in [0.5, 0.6) is 0 Å². The second-order valence-electron chi connectivity index (χ2n) is 2.34. The molecular formula is C8H16. The molecule has 0 saturated heterocycles. The van der Waals surface area contributed by atoms with Crippen LogP contribution in [0.3, 0.4) is 0 Å². The van der Waals surface area contributed by atoms with E-state index in [1.807, 2.05) is 0 Å². The zero-order chi connectivity index (χ0) is 6.57. The molecule has 0 fully saturated rings. The van der Waals surface area contributed by atoms with Crippen molar-refractivity contribution in [2.75, 3.05) is 0 Å². The summed E-state index contributed by atoms with van der Waals surface area (Å²) >= 11 is 0. The van der Waals surface area contributed by atoms with Crippen molar-refractivity contribution in [2.45, 2.75) is 34.1 Å². The Morgan fingerprint density at radius 1 is 1.62 bits per heavy atom. The van der Waals surface area contributed by atoms with Crippen molar-refractivity contribution in [3.63, 3.8) is 0 Å². The summed E-state index contributed by atoms with van der Waals surface area (Å²) in [5, 5.41) is 0. The molecule has 0 rings (SSSR count). The van der Waals surface area contributed by atoms with Crippen LogP contribution in [0, 0.1) is 5.92 Å². The van der Waals surface area contributed by atoms with Crippen molar-refractivity contribution in [1.29, 1.82) is 0 Å². The summed E-state index contributed by atoms with van der Waals surface area (Å²) in [6.45, 7) is 8.77. The van der Waals surface area contributed by atoms with Crippen LogP contribution < -0.4 is 0 Å². The van der Waals surface area contributed by atoms with Crippen LogP contribution in [0.2, 0.25) is 0 Å². The topological polar surface area (TPSA) is 0 Å². The van der Waals surface area contributed by atoms with Crippen LogP contribution in [0.4, 0.5) is 0 Å². The SMILES string of the molecule is C/C=C(/C)C(C)CC. The molecule has 48 valence electrons. The maximum atomic E-state index is 2.26. The Bertz CT molecular complexity index is 80.0. The molecule has 0 N–H and O–H groups in total. The lowest BCUT2D eigenvalue weighted by Gasteiger charge is -2.06. The number of allylic oxidation sites excluding steroid dienone is 2. The molecule has 0 nitrogen and oxygen atoms in total. The second kappa shape index (κ2) is 3.71. The fourth-order valence-electron chi connectivity index (χ4n) is 0.606. The number of hydrogen-bond acceptors (Lipinski definition) is 0. The van der Waals surface area contributed by atoms with Crippen molar-refractivity contribution < 1.29 is 0 Å². The second-order valence-corrected chi connectivity index (χ2v) is 2.34. The lowest BCUT2D eigenvalue weighted by molar-refractivity contribution is 0.654. The van der Waals surface area contributed by atoms with Gasteiger partial charge < -0.3 is 0 Å². The fraction of sp³-hybridized carbons (Fsp3) is 0.750. The smallest absolute Gasteiger partial charge is 0.0237 e. The van der Waals surface area contributed by atoms with E-state index in [0.29, 0.717) is 0 Å². The average Bonchev–Trinajstić information content (AvgIpc) is 1.84. The van der Waals surface area contributed by atoms with Gasteiger partial charge in [0.25, 0.3) is 0 Å². The van der Waals surface area contributed by atoms with E-state index in [0.717, 1.165) is 5.92 Å². The molecule has 0 amide bonds. The average molecular weight is 112 g/mol. The maximum absolute atomic E-state index is 2.26. The van der Waals surface area contributed by atoms with Gasteiger partial charge in [-0.25, -0.2) is 0 Å². The molecule has 0 aromatic heterocycles. The summed E-state index contributed by atoms with van der Waals surface area (Å²) in [5.74, 6) is 0.778. The Balaban J connectivity index is 3.63. The molecule has 0 aromatic carbocycles. The van der Waals surface area contributed by atoms with Crippen LogP contribution in [0.15, 0.2) is 11.6 Å². The van der Waals surface area contributed by atoms with E-state index in [1.165, 1.54) is 12.0 Å². The standard InChI is InChI=1S/C8H16/c1-5-7(3)8(4)6-2/h5,8H,6H2,1-4H3/b7-5-. The zero-order valence-electron chi connectivity index (χ0n) is 6.36. The highest BCUT2D eigenvalue weighted by Gasteiger charge is 1.96. The molecular weight excluding hydrogens is 96.1 g/mol. The van der Waals surface area contributed by atoms with Gasteiger partial charge >= 0.3 is 0 Å². The van der Waals surface area contributed by atoms with Gasteiger partial charge in [-0.15, -0.1) is 0 Å². The van der Waals surface area contributed by atoms with Crippen LogP contribution in [0.25, 0.3) is 0 Å². The van der Waals surface area contributed by atoms with Crippen molar-refractivity contribution in [3.05, 3.63) is 11.6 Å². The Labute approximate surface area is 52.6 Å². The van der Waals surface area contributed by atoms with Gasteiger partial charge in [0.15, 0.2) is 0 Å². The normalized spacial score (nSPS) is 16.2. The Morgan fingerprint density at radius 3 is 2.25 bits per heavy atom. The molecule has 1 atom stereocenters. The van der Waals surface area contributed by atoms with Crippen LogP contribution in [0.1, 0.15) is 34.1 Å². The highest BCUT2D eigenvalue weighted by atomic mass is 14.0. The molecule has 0 aliphatic heterocycles. The van der Waals surface area contributed by atoms with E-state index >= 15 is 0 Å². The van der Waals surface area contributed by atoms with E-state index in [9.17, 15) is 0 Å². The summed E-state index contributed by atoms with van der Waals surface area (Å²) in [5.41, 5.74) is 1.51. The van der Waals surface area contributed by atoms with Crippen LogP contribution in [-0.2, 0) is 0 Å². The predicted molar refractivity (Wildman–Crippen MR) is 38.9 cm³/mol. The Morgan fingerprint density at radius 2 is 2.12 bits per heavy atom. The third kappa shape index (κ3) is 2.15. The van der Waals surface area contributed by atoms with Crippen molar-refractivity contribution in [3.8, 4) is 0 Å². The first-order valence-electron chi connectivity index (χ1n) is 3.35. The predicted octanol–water partition coefficient (Wildman–Crippen LogP) is 3.00. The first-order valence-corrected chi connectivity index (χ1v) is 3.35. The van der Waals surface area contributed by atoms with Gasteiger partial charge in [-0.3, -0.25) is 0 Å². The van der Waals surface area contributed by atoms with Gasteiger partial charge in [-0.1, -0.05) is 25.5 Å². The number of hydrogen-bond donors (Lipinski definition) is 0. The lowest BCUT2D eigenvalue weighted by atomic mass is 10.0. The summed E-state index contributed by atoms with van der Waals surface area (Å²) in [6.07, 6.45) is 3.45. The summed E-state index contributed by atoms with van der Waals surface area (Å²) in [7, 11) is 0. The van der Waals surface area contributed by atoms with Gasteiger partial charge in [-0.05, 0) is 26.2 Å². The summed E-state index contributed by atoms with van der Waals surface area (Å²) in [6, 6.07) is 0. The minimum Gasteiger partial charge on any atom is -0.0885 e. The minimum absolute atomic E-state index is 0.778. The maximum Gasteiger partial charge on any atom is -0.0237 e. The lowest BCUT2D eigenvalue weighted by Crippen LogP contribution is -1.91. The molecule has 0 aliphatic carbocycles. The first kappa shape index (κ1) is 7.74. The molecule has 0 bridgehead atoms. The zero-order valence-corrected chi connectivity index (χ0v) is 6.36. The van der Waals surface area contributed by atoms with E-state index in [1.54, 1.807) is 0 Å². The minimum atomic E-state index is 0.778. The highest BCUT2D eigenvalue weighted by Crippen LogP contribution is 2.11. The Kier molecular flexibility index (Phi) is 3.59. The summed E-state index contributed by atoms with van der Waals surface area (Å²) in [4.78, 5) is 0. The summed E-state index contributed by atoms with van der Waals surface area (Å²) < 4.78 is 0. The molecule has 1 unspecified atom stereocenters. The fourth-order valence-corrected chi connectivity index (χ4v) is 0.606. The third-order valence-corrected chi connectivity index (χ3v) is 1.85. The molecule has 0 heteroatoms. The van der Waals surface area contributed by atoms with Gasteiger partial charge in [0.2, 0.25) is 0 Å². The molecule has 0 radical (unpaired) electrons. The van der Waals surface area contributed by atoms with E-state index < -0.39 is 0 Å². The van der Waals surface area contributed by atoms with Gasteiger partial charge in [0.05, 0.1) is 0 Å². The molecule has 0 aliphatic rings. The van der Waals surface area contributed by atoms with Gasteiger partial charge in [0, 0.05) is 0 Å². The quantitative estimate of drug-likeness (QED) is 0.482. The van der Waals surface area contributed by atoms with E-state index in [-0.39, 0.29) is 0 Å². The first-order chi connectivity index (χ1) is 3.72. The molecule has 8 heavy (non-hydrogen) atoms.